The van der Waals surface area contributed by atoms with Gasteiger partial charge in [0.05, 0.1) is 10.6 Å². The molecule has 0 saturated heterocycles. The van der Waals surface area contributed by atoms with Crippen LogP contribution in [0.1, 0.15) is 42.5 Å². The number of hydrogen-bond acceptors (Lipinski definition) is 4. The Bertz CT molecular complexity index is 1420. The molecule has 0 heterocycles. The highest BCUT2D eigenvalue weighted by Crippen LogP contribution is 2.28. The fourth-order valence-corrected chi connectivity index (χ4v) is 5.94. The Morgan fingerprint density at radius 1 is 0.949 bits per heavy atom. The van der Waals surface area contributed by atoms with Gasteiger partial charge in [0, 0.05) is 18.1 Å². The Kier molecular flexibility index (Phi) is 10.2. The lowest BCUT2D eigenvalue weighted by atomic mass is 10.1. The van der Waals surface area contributed by atoms with Crippen LogP contribution in [0.5, 0.6) is 0 Å². The van der Waals surface area contributed by atoms with E-state index in [1.165, 1.54) is 17.0 Å². The van der Waals surface area contributed by atoms with E-state index in [4.69, 9.17) is 11.6 Å². The number of rotatable bonds is 11. The molecule has 3 rings (SSSR count). The number of nitrogens with zero attached hydrogens (tertiary/aromatic N) is 2. The van der Waals surface area contributed by atoms with Crippen LogP contribution in [-0.2, 0) is 26.2 Å². The Morgan fingerprint density at radius 3 is 2.23 bits per heavy atom. The zero-order valence-corrected chi connectivity index (χ0v) is 24.6. The van der Waals surface area contributed by atoms with Crippen LogP contribution in [0.3, 0.4) is 0 Å². The summed E-state index contributed by atoms with van der Waals surface area (Å²) in [4.78, 5) is 28.4. The number of hydrogen-bond donors (Lipinski definition) is 1. The summed E-state index contributed by atoms with van der Waals surface area (Å²) in [5.74, 6) is -0.823. The second kappa shape index (κ2) is 13.1. The third kappa shape index (κ3) is 7.61. The number of nitrogens with one attached hydrogen (secondary N) is 1. The van der Waals surface area contributed by atoms with Crippen LogP contribution in [0, 0.1) is 20.8 Å². The average Bonchev–Trinajstić information content (AvgIpc) is 2.89. The third-order valence-electron chi connectivity index (χ3n) is 6.47. The zero-order chi connectivity index (χ0) is 28.7. The standard InChI is InChI=1S/C30H36ClN3O4S/c1-6-16-32-30(36)24(5)33(19-25-8-7-9-26(31)18-25)29(35)20-34(28-15-12-22(3)17-23(28)4)39(37,38)27-13-10-21(2)11-14-27/h7-15,17-18,24H,6,16,19-20H2,1-5H3,(H,32,36)/t24-/m0/s1. The van der Waals surface area contributed by atoms with Crippen molar-refractivity contribution in [2.45, 2.75) is 58.5 Å². The van der Waals surface area contributed by atoms with Gasteiger partial charge in [-0.2, -0.15) is 0 Å². The van der Waals surface area contributed by atoms with E-state index in [-0.39, 0.29) is 17.3 Å². The molecule has 1 N–H and O–H groups in total. The predicted molar refractivity (Wildman–Crippen MR) is 156 cm³/mol. The molecule has 0 aliphatic carbocycles. The highest BCUT2D eigenvalue weighted by molar-refractivity contribution is 7.92. The summed E-state index contributed by atoms with van der Waals surface area (Å²) < 4.78 is 29.0. The van der Waals surface area contributed by atoms with Gasteiger partial charge < -0.3 is 10.2 Å². The SMILES string of the molecule is CCCNC(=O)[C@H](C)N(Cc1cccc(Cl)c1)C(=O)CN(c1ccc(C)cc1C)S(=O)(=O)c1ccc(C)cc1. The van der Waals surface area contributed by atoms with Crippen molar-refractivity contribution < 1.29 is 18.0 Å². The second-order valence-corrected chi connectivity index (χ2v) is 12.0. The highest BCUT2D eigenvalue weighted by atomic mass is 35.5. The molecule has 39 heavy (non-hydrogen) atoms. The molecule has 0 bridgehead atoms. The molecular weight excluding hydrogens is 534 g/mol. The van der Waals surface area contributed by atoms with Crippen molar-refractivity contribution in [3.8, 4) is 0 Å². The third-order valence-corrected chi connectivity index (χ3v) is 8.48. The average molecular weight is 570 g/mol. The van der Waals surface area contributed by atoms with Gasteiger partial charge >= 0.3 is 0 Å². The number of halogens is 1. The van der Waals surface area contributed by atoms with Crippen molar-refractivity contribution in [1.29, 1.82) is 0 Å². The van der Waals surface area contributed by atoms with Crippen LogP contribution in [0.25, 0.3) is 0 Å². The van der Waals surface area contributed by atoms with Crippen LogP contribution < -0.4 is 9.62 Å². The number of amides is 2. The van der Waals surface area contributed by atoms with E-state index in [9.17, 15) is 18.0 Å². The number of sulfonamides is 1. The number of anilines is 1. The summed E-state index contributed by atoms with van der Waals surface area (Å²) in [7, 11) is -4.11. The van der Waals surface area contributed by atoms with Gasteiger partial charge in [0.2, 0.25) is 11.8 Å². The lowest BCUT2D eigenvalue weighted by Gasteiger charge is -2.32. The van der Waals surface area contributed by atoms with Crippen LogP contribution in [0.2, 0.25) is 5.02 Å². The van der Waals surface area contributed by atoms with Gasteiger partial charge in [0.15, 0.2) is 0 Å². The van der Waals surface area contributed by atoms with Gasteiger partial charge in [0.1, 0.15) is 12.6 Å². The second-order valence-electron chi connectivity index (χ2n) is 9.73. The van der Waals surface area contributed by atoms with Crippen molar-refractivity contribution in [1.82, 2.24) is 10.2 Å². The van der Waals surface area contributed by atoms with Crippen molar-refractivity contribution in [3.63, 3.8) is 0 Å². The van der Waals surface area contributed by atoms with Crippen molar-refractivity contribution in [2.75, 3.05) is 17.4 Å². The molecule has 0 spiro atoms. The van der Waals surface area contributed by atoms with E-state index in [0.29, 0.717) is 22.8 Å². The van der Waals surface area contributed by atoms with Crippen LogP contribution in [0.4, 0.5) is 5.69 Å². The maximum atomic E-state index is 14.0. The summed E-state index contributed by atoms with van der Waals surface area (Å²) in [5, 5.41) is 3.34. The summed E-state index contributed by atoms with van der Waals surface area (Å²) in [6.45, 7) is 9.27. The smallest absolute Gasteiger partial charge is 0.264 e. The van der Waals surface area contributed by atoms with Gasteiger partial charge in [-0.3, -0.25) is 13.9 Å². The molecule has 7 nitrogen and oxygen atoms in total. The number of aryl methyl sites for hydroxylation is 3. The summed E-state index contributed by atoms with van der Waals surface area (Å²) in [6, 6.07) is 18.1. The van der Waals surface area contributed by atoms with Crippen LogP contribution in [0.15, 0.2) is 71.6 Å². The summed E-state index contributed by atoms with van der Waals surface area (Å²) in [5.41, 5.74) is 3.74. The molecule has 3 aromatic rings. The Labute approximate surface area is 236 Å². The summed E-state index contributed by atoms with van der Waals surface area (Å²) >= 11 is 6.18. The van der Waals surface area contributed by atoms with Crippen molar-refractivity contribution in [2.24, 2.45) is 0 Å². The number of carbonyl (C=O) groups is 2. The van der Waals surface area contributed by atoms with Crippen LogP contribution in [-0.4, -0.2) is 44.3 Å². The normalized spacial score (nSPS) is 12.1. The molecule has 1 atom stereocenters. The maximum absolute atomic E-state index is 14.0. The quantitative estimate of drug-likeness (QED) is 0.335. The molecule has 0 aliphatic heterocycles. The lowest BCUT2D eigenvalue weighted by Crippen LogP contribution is -2.51. The van der Waals surface area contributed by atoms with Crippen LogP contribution >= 0.6 is 11.6 Å². The van der Waals surface area contributed by atoms with Gasteiger partial charge in [-0.1, -0.05) is 66.0 Å². The largest absolute Gasteiger partial charge is 0.354 e. The highest BCUT2D eigenvalue weighted by Gasteiger charge is 2.33. The molecule has 208 valence electrons. The fourth-order valence-electron chi connectivity index (χ4n) is 4.25. The fraction of sp³-hybridized carbons (Fsp3) is 0.333. The molecule has 0 saturated carbocycles. The first-order valence-electron chi connectivity index (χ1n) is 12.9. The first-order chi connectivity index (χ1) is 18.4. The Morgan fingerprint density at radius 2 is 1.62 bits per heavy atom. The first-order valence-corrected chi connectivity index (χ1v) is 14.7. The molecule has 0 radical (unpaired) electrons. The minimum Gasteiger partial charge on any atom is -0.354 e. The molecule has 0 fully saturated rings. The topological polar surface area (TPSA) is 86.8 Å². The van der Waals surface area contributed by atoms with Gasteiger partial charge in [0.25, 0.3) is 10.0 Å². The maximum Gasteiger partial charge on any atom is 0.264 e. The van der Waals surface area contributed by atoms with Crippen molar-refractivity contribution in [3.05, 3.63) is 94.0 Å². The van der Waals surface area contributed by atoms with Gasteiger partial charge in [-0.15, -0.1) is 0 Å². The number of benzene rings is 3. The monoisotopic (exact) mass is 569 g/mol. The molecule has 9 heteroatoms. The van der Waals surface area contributed by atoms with Gasteiger partial charge in [-0.05, 0) is 75.6 Å². The molecule has 3 aromatic carbocycles. The predicted octanol–water partition coefficient (Wildman–Crippen LogP) is 5.40. The molecule has 2 amide bonds. The molecule has 0 unspecified atom stereocenters. The van der Waals surface area contributed by atoms with E-state index in [1.807, 2.05) is 45.9 Å². The van der Waals surface area contributed by atoms with E-state index < -0.39 is 28.5 Å². The van der Waals surface area contributed by atoms with E-state index in [2.05, 4.69) is 5.32 Å². The minimum atomic E-state index is -4.11. The van der Waals surface area contributed by atoms with Gasteiger partial charge in [-0.25, -0.2) is 8.42 Å². The van der Waals surface area contributed by atoms with E-state index >= 15 is 0 Å². The Balaban J connectivity index is 2.05. The molecule has 0 aliphatic rings. The first kappa shape index (κ1) is 30.2. The summed E-state index contributed by atoms with van der Waals surface area (Å²) in [6.07, 6.45) is 0.746. The lowest BCUT2D eigenvalue weighted by molar-refractivity contribution is -0.139. The Hall–Kier alpha value is -3.36. The number of carbonyl (C=O) groups excluding carboxylic acids is 2. The molecule has 0 aromatic heterocycles. The minimum absolute atomic E-state index is 0.0796. The van der Waals surface area contributed by atoms with E-state index in [1.54, 1.807) is 43.3 Å². The molecular formula is C30H36ClN3O4S. The zero-order valence-electron chi connectivity index (χ0n) is 23.1. The van der Waals surface area contributed by atoms with Crippen molar-refractivity contribution >= 4 is 39.1 Å². The van der Waals surface area contributed by atoms with E-state index in [0.717, 1.165) is 27.4 Å².